The molecule has 2 aliphatic rings. The Morgan fingerprint density at radius 3 is 2.46 bits per heavy atom. The second kappa shape index (κ2) is 9.40. The minimum atomic E-state index is -0.384. The van der Waals surface area contributed by atoms with E-state index in [2.05, 4.69) is 10.3 Å². The van der Waals surface area contributed by atoms with E-state index in [4.69, 9.17) is 9.47 Å². The molecular weight excluding hydrogens is 334 g/mol. The molecule has 7 nitrogen and oxygen atoms in total. The SMILES string of the molecule is O=C(NC1CCC(COC(=O)N2CCCC2)CC1)OCc1ccncc1. The van der Waals surface area contributed by atoms with Crippen molar-refractivity contribution in [3.8, 4) is 0 Å². The maximum atomic E-state index is 11.9. The van der Waals surface area contributed by atoms with Gasteiger partial charge >= 0.3 is 12.2 Å². The fourth-order valence-electron chi connectivity index (χ4n) is 3.49. The number of nitrogens with zero attached hydrogens (tertiary/aromatic N) is 2. The second-order valence-corrected chi connectivity index (χ2v) is 7.06. The monoisotopic (exact) mass is 361 g/mol. The van der Waals surface area contributed by atoms with Crippen molar-refractivity contribution < 1.29 is 19.1 Å². The fourth-order valence-corrected chi connectivity index (χ4v) is 3.49. The molecule has 1 aromatic heterocycles. The van der Waals surface area contributed by atoms with E-state index < -0.39 is 0 Å². The van der Waals surface area contributed by atoms with Gasteiger partial charge in [-0.3, -0.25) is 4.98 Å². The van der Waals surface area contributed by atoms with Gasteiger partial charge in [-0.2, -0.15) is 0 Å². The number of aromatic nitrogens is 1. The fraction of sp³-hybridized carbons (Fsp3) is 0.632. The number of hydrogen-bond donors (Lipinski definition) is 1. The van der Waals surface area contributed by atoms with Gasteiger partial charge in [0.2, 0.25) is 0 Å². The highest BCUT2D eigenvalue weighted by Gasteiger charge is 2.25. The maximum absolute atomic E-state index is 11.9. The summed E-state index contributed by atoms with van der Waals surface area (Å²) in [7, 11) is 0. The highest BCUT2D eigenvalue weighted by Crippen LogP contribution is 2.25. The third kappa shape index (κ3) is 5.61. The van der Waals surface area contributed by atoms with Gasteiger partial charge in [-0.25, -0.2) is 9.59 Å². The van der Waals surface area contributed by atoms with Crippen molar-refractivity contribution in [1.82, 2.24) is 15.2 Å². The van der Waals surface area contributed by atoms with Gasteiger partial charge in [-0.05, 0) is 62.1 Å². The highest BCUT2D eigenvalue weighted by atomic mass is 16.6. The predicted octanol–water partition coefficient (Wildman–Crippen LogP) is 3.10. The van der Waals surface area contributed by atoms with Gasteiger partial charge in [0.25, 0.3) is 0 Å². The normalized spacial score (nSPS) is 22.7. The van der Waals surface area contributed by atoms with E-state index in [0.29, 0.717) is 12.5 Å². The summed E-state index contributed by atoms with van der Waals surface area (Å²) < 4.78 is 10.7. The first kappa shape index (κ1) is 18.5. The zero-order valence-corrected chi connectivity index (χ0v) is 15.1. The summed E-state index contributed by atoms with van der Waals surface area (Å²) in [5, 5.41) is 2.93. The van der Waals surface area contributed by atoms with Crippen molar-refractivity contribution in [3.63, 3.8) is 0 Å². The number of carbonyl (C=O) groups excluding carboxylic acids is 2. The summed E-state index contributed by atoms with van der Waals surface area (Å²) in [6.07, 6.45) is 8.60. The molecule has 1 saturated heterocycles. The molecule has 142 valence electrons. The van der Waals surface area contributed by atoms with Crippen molar-refractivity contribution in [3.05, 3.63) is 30.1 Å². The third-order valence-electron chi connectivity index (χ3n) is 5.09. The molecule has 2 heterocycles. The van der Waals surface area contributed by atoms with Crippen LogP contribution in [-0.4, -0.2) is 47.8 Å². The molecule has 0 bridgehead atoms. The smallest absolute Gasteiger partial charge is 0.409 e. The Labute approximate surface area is 154 Å². The van der Waals surface area contributed by atoms with Gasteiger partial charge in [0, 0.05) is 31.5 Å². The Balaban J connectivity index is 1.29. The number of pyridine rings is 1. The Morgan fingerprint density at radius 2 is 1.77 bits per heavy atom. The average Bonchev–Trinajstić information content (AvgIpc) is 3.21. The molecule has 3 rings (SSSR count). The van der Waals surface area contributed by atoms with E-state index >= 15 is 0 Å². The molecule has 0 atom stereocenters. The number of ether oxygens (including phenoxy) is 2. The first-order valence-electron chi connectivity index (χ1n) is 9.44. The summed E-state index contributed by atoms with van der Waals surface area (Å²) in [5.41, 5.74) is 0.915. The zero-order valence-electron chi connectivity index (χ0n) is 15.1. The van der Waals surface area contributed by atoms with Gasteiger partial charge in [-0.1, -0.05) is 0 Å². The van der Waals surface area contributed by atoms with Crippen LogP contribution in [0.3, 0.4) is 0 Å². The molecule has 1 N–H and O–H groups in total. The van der Waals surface area contributed by atoms with Crippen LogP contribution < -0.4 is 5.32 Å². The molecule has 1 aliphatic heterocycles. The van der Waals surface area contributed by atoms with Gasteiger partial charge in [0.05, 0.1) is 6.61 Å². The van der Waals surface area contributed by atoms with E-state index in [-0.39, 0.29) is 24.8 Å². The standard InChI is InChI=1S/C19H27N3O4/c23-18(25-13-16-7-9-20-10-8-16)21-17-5-3-15(4-6-17)14-26-19(24)22-11-1-2-12-22/h7-10,15,17H,1-6,11-14H2,(H,21,23). The minimum absolute atomic E-state index is 0.130. The Kier molecular flexibility index (Phi) is 6.68. The molecule has 0 spiro atoms. The molecule has 2 fully saturated rings. The predicted molar refractivity (Wildman–Crippen MR) is 95.5 cm³/mol. The van der Waals surface area contributed by atoms with Gasteiger partial charge in [-0.15, -0.1) is 0 Å². The van der Waals surface area contributed by atoms with Crippen LogP contribution in [0.5, 0.6) is 0 Å². The van der Waals surface area contributed by atoms with Crippen LogP contribution in [-0.2, 0) is 16.1 Å². The maximum Gasteiger partial charge on any atom is 0.409 e. The molecule has 0 unspecified atom stereocenters. The van der Waals surface area contributed by atoms with Crippen molar-refractivity contribution in [2.45, 2.75) is 51.2 Å². The molecule has 1 aromatic rings. The number of likely N-dealkylation sites (tertiary alicyclic amines) is 1. The van der Waals surface area contributed by atoms with Gasteiger partial charge in [0.15, 0.2) is 0 Å². The molecule has 7 heteroatoms. The molecule has 0 aromatic carbocycles. The molecular formula is C19H27N3O4. The molecule has 1 aliphatic carbocycles. The third-order valence-corrected chi connectivity index (χ3v) is 5.09. The van der Waals surface area contributed by atoms with Crippen LogP contribution in [0.15, 0.2) is 24.5 Å². The molecule has 2 amide bonds. The molecule has 1 saturated carbocycles. The van der Waals surface area contributed by atoms with Crippen molar-refractivity contribution in [2.24, 2.45) is 5.92 Å². The summed E-state index contributed by atoms with van der Waals surface area (Å²) in [4.78, 5) is 29.5. The molecule has 26 heavy (non-hydrogen) atoms. The lowest BCUT2D eigenvalue weighted by molar-refractivity contribution is 0.0832. The quantitative estimate of drug-likeness (QED) is 0.872. The summed E-state index contributed by atoms with van der Waals surface area (Å²) in [5.74, 6) is 0.382. The highest BCUT2D eigenvalue weighted by molar-refractivity contribution is 5.68. The van der Waals surface area contributed by atoms with Crippen molar-refractivity contribution in [1.29, 1.82) is 0 Å². The summed E-state index contributed by atoms with van der Waals surface area (Å²) >= 11 is 0. The second-order valence-electron chi connectivity index (χ2n) is 7.06. The number of amides is 2. The van der Waals surface area contributed by atoms with Crippen LogP contribution in [0.1, 0.15) is 44.1 Å². The van der Waals surface area contributed by atoms with E-state index in [9.17, 15) is 9.59 Å². The van der Waals surface area contributed by atoms with Gasteiger partial charge in [0.1, 0.15) is 6.61 Å². The van der Waals surface area contributed by atoms with Crippen LogP contribution in [0.2, 0.25) is 0 Å². The van der Waals surface area contributed by atoms with Crippen LogP contribution in [0.25, 0.3) is 0 Å². The van der Waals surface area contributed by atoms with E-state index in [1.807, 2.05) is 12.1 Å². The van der Waals surface area contributed by atoms with Crippen molar-refractivity contribution >= 4 is 12.2 Å². The molecule has 0 radical (unpaired) electrons. The number of carbonyl (C=O) groups is 2. The lowest BCUT2D eigenvalue weighted by atomic mass is 9.86. The van der Waals surface area contributed by atoms with Gasteiger partial charge < -0.3 is 19.7 Å². The van der Waals surface area contributed by atoms with Crippen LogP contribution in [0.4, 0.5) is 9.59 Å². The number of rotatable bonds is 5. The average molecular weight is 361 g/mol. The lowest BCUT2D eigenvalue weighted by Crippen LogP contribution is -2.39. The van der Waals surface area contributed by atoms with Crippen LogP contribution in [0, 0.1) is 5.92 Å². The number of nitrogens with one attached hydrogen (secondary N) is 1. The Hall–Kier alpha value is -2.31. The van der Waals surface area contributed by atoms with E-state index in [0.717, 1.165) is 57.2 Å². The number of alkyl carbamates (subject to hydrolysis) is 1. The van der Waals surface area contributed by atoms with E-state index in [1.165, 1.54) is 0 Å². The first-order chi connectivity index (χ1) is 12.7. The minimum Gasteiger partial charge on any atom is -0.449 e. The van der Waals surface area contributed by atoms with Crippen molar-refractivity contribution in [2.75, 3.05) is 19.7 Å². The summed E-state index contributed by atoms with van der Waals surface area (Å²) in [6.45, 7) is 2.36. The zero-order chi connectivity index (χ0) is 18.2. The Bertz CT molecular complexity index is 582. The summed E-state index contributed by atoms with van der Waals surface area (Å²) in [6, 6.07) is 3.77. The lowest BCUT2D eigenvalue weighted by Gasteiger charge is -2.29. The number of hydrogen-bond acceptors (Lipinski definition) is 5. The van der Waals surface area contributed by atoms with Crippen LogP contribution >= 0.6 is 0 Å². The largest absolute Gasteiger partial charge is 0.449 e. The first-order valence-corrected chi connectivity index (χ1v) is 9.44. The van der Waals surface area contributed by atoms with E-state index in [1.54, 1.807) is 17.3 Å². The topological polar surface area (TPSA) is 80.8 Å². The Morgan fingerprint density at radius 1 is 1.08 bits per heavy atom.